The highest BCUT2D eigenvalue weighted by Gasteiger charge is 2.00. The number of hydrogen-bond donors (Lipinski definition) is 1. The predicted octanol–water partition coefficient (Wildman–Crippen LogP) is -0.736. The zero-order chi connectivity index (χ0) is 8.10. The van der Waals surface area contributed by atoms with Crippen molar-refractivity contribution in [3.8, 4) is 0 Å². The molecule has 0 bridgehead atoms. The summed E-state index contributed by atoms with van der Waals surface area (Å²) in [7, 11) is 0. The van der Waals surface area contributed by atoms with Gasteiger partial charge >= 0.3 is 0 Å². The van der Waals surface area contributed by atoms with Crippen molar-refractivity contribution in [2.45, 2.75) is 6.67 Å². The van der Waals surface area contributed by atoms with Crippen molar-refractivity contribution >= 4 is 6.41 Å². The molecule has 1 amide bonds. The lowest BCUT2D eigenvalue weighted by Crippen LogP contribution is -2.45. The van der Waals surface area contributed by atoms with E-state index in [0.29, 0.717) is 13.1 Å². The van der Waals surface area contributed by atoms with E-state index in [-0.39, 0.29) is 0 Å². The Balaban J connectivity index is 2.57. The van der Waals surface area contributed by atoms with E-state index in [1.165, 1.54) is 0 Å². The van der Waals surface area contributed by atoms with Crippen LogP contribution in [-0.2, 0) is 11.5 Å². The quantitative estimate of drug-likeness (QED) is 0.204. The van der Waals surface area contributed by atoms with Crippen LogP contribution in [0.1, 0.15) is 0 Å². The van der Waals surface area contributed by atoms with Gasteiger partial charge in [0.2, 0.25) is 13.1 Å². The van der Waals surface area contributed by atoms with Gasteiger partial charge in [0.25, 0.3) is 0 Å². The molecule has 0 atom stereocenters. The number of rotatable bonds is 3. The first-order chi connectivity index (χ1) is 5.33. The minimum atomic E-state index is 0.379. The van der Waals surface area contributed by atoms with Gasteiger partial charge in [-0.2, -0.15) is 4.57 Å². The highest BCUT2D eigenvalue weighted by Crippen LogP contribution is 1.77. The van der Waals surface area contributed by atoms with Crippen LogP contribution in [0.25, 0.3) is 0 Å². The van der Waals surface area contributed by atoms with Crippen LogP contribution >= 0.6 is 0 Å². The van der Waals surface area contributed by atoms with E-state index in [2.05, 4.69) is 0 Å². The van der Waals surface area contributed by atoms with Gasteiger partial charge in [0.05, 0.1) is 0 Å². The average molecular weight is 152 g/mol. The summed E-state index contributed by atoms with van der Waals surface area (Å²) in [4.78, 5) is 10.1. The average Bonchev–Trinajstić information content (AvgIpc) is 2.06. The van der Waals surface area contributed by atoms with E-state index in [9.17, 15) is 4.79 Å². The fourth-order valence-electron chi connectivity index (χ4n) is 0.750. The van der Waals surface area contributed by atoms with Crippen LogP contribution in [0.15, 0.2) is 30.6 Å². The molecule has 0 fully saturated rings. The van der Waals surface area contributed by atoms with Crippen molar-refractivity contribution in [2.24, 2.45) is 5.84 Å². The topological polar surface area (TPSA) is 50.2 Å². The monoisotopic (exact) mass is 152 g/mol. The smallest absolute Gasteiger partial charge is 0.239 e. The first-order valence-corrected chi connectivity index (χ1v) is 3.23. The Morgan fingerprint density at radius 2 is 2.00 bits per heavy atom. The molecular weight excluding hydrogens is 142 g/mol. The van der Waals surface area contributed by atoms with Crippen LogP contribution in [0.2, 0.25) is 0 Å². The molecule has 1 heterocycles. The van der Waals surface area contributed by atoms with Crippen LogP contribution in [-0.4, -0.2) is 11.4 Å². The molecule has 0 saturated heterocycles. The molecular formula is C7H10N3O+. The number of hydrogen-bond acceptors (Lipinski definition) is 2. The van der Waals surface area contributed by atoms with Crippen molar-refractivity contribution in [3.63, 3.8) is 0 Å². The standard InChI is InChI=1S/C7H10N3O/c8-10(7-11)6-9-4-2-1-3-5-9/h1-5,7H,6,8H2/q+1. The fourth-order valence-corrected chi connectivity index (χ4v) is 0.750. The van der Waals surface area contributed by atoms with E-state index in [1.807, 2.05) is 30.6 Å². The second-order valence-corrected chi connectivity index (χ2v) is 2.15. The van der Waals surface area contributed by atoms with Crippen molar-refractivity contribution in [1.82, 2.24) is 5.01 Å². The minimum Gasteiger partial charge on any atom is -0.277 e. The first-order valence-electron chi connectivity index (χ1n) is 3.23. The Hall–Kier alpha value is -1.42. The van der Waals surface area contributed by atoms with Gasteiger partial charge in [0, 0.05) is 12.1 Å². The number of carbonyl (C=O) groups is 1. The van der Waals surface area contributed by atoms with Crippen LogP contribution in [0.4, 0.5) is 0 Å². The minimum absolute atomic E-state index is 0.379. The molecule has 0 aliphatic rings. The summed E-state index contributed by atoms with van der Waals surface area (Å²) in [6.07, 6.45) is 4.26. The Kier molecular flexibility index (Phi) is 2.57. The molecule has 4 nitrogen and oxygen atoms in total. The molecule has 0 radical (unpaired) electrons. The lowest BCUT2D eigenvalue weighted by Gasteiger charge is -2.03. The Labute approximate surface area is 64.8 Å². The Morgan fingerprint density at radius 3 is 2.55 bits per heavy atom. The second kappa shape index (κ2) is 3.68. The van der Waals surface area contributed by atoms with Crippen molar-refractivity contribution in [2.75, 3.05) is 0 Å². The number of aromatic nitrogens is 1. The summed E-state index contributed by atoms with van der Waals surface area (Å²) in [6, 6.07) is 5.65. The van der Waals surface area contributed by atoms with Gasteiger partial charge in [-0.05, 0) is 0 Å². The van der Waals surface area contributed by atoms with Gasteiger partial charge < -0.3 is 0 Å². The summed E-state index contributed by atoms with van der Waals surface area (Å²) in [5, 5.41) is 1.07. The van der Waals surface area contributed by atoms with Crippen LogP contribution in [0.5, 0.6) is 0 Å². The van der Waals surface area contributed by atoms with Gasteiger partial charge in [-0.15, -0.1) is 0 Å². The third kappa shape index (κ3) is 2.35. The summed E-state index contributed by atoms with van der Waals surface area (Å²) < 4.78 is 1.80. The maximum Gasteiger partial charge on any atom is 0.239 e. The normalized spacial score (nSPS) is 9.18. The molecule has 0 aliphatic heterocycles. The lowest BCUT2D eigenvalue weighted by molar-refractivity contribution is -0.712. The van der Waals surface area contributed by atoms with Crippen LogP contribution in [0, 0.1) is 0 Å². The number of hydrazine groups is 1. The van der Waals surface area contributed by atoms with Crippen molar-refractivity contribution in [3.05, 3.63) is 30.6 Å². The Morgan fingerprint density at radius 1 is 1.36 bits per heavy atom. The third-order valence-electron chi connectivity index (χ3n) is 1.24. The molecule has 0 spiro atoms. The van der Waals surface area contributed by atoms with E-state index in [4.69, 9.17) is 5.84 Å². The zero-order valence-corrected chi connectivity index (χ0v) is 6.05. The number of nitrogens with two attached hydrogens (primary N) is 1. The Bertz CT molecular complexity index is 224. The molecule has 11 heavy (non-hydrogen) atoms. The molecule has 1 rings (SSSR count). The fraction of sp³-hybridized carbons (Fsp3) is 0.143. The van der Waals surface area contributed by atoms with Gasteiger partial charge in [0.1, 0.15) is 0 Å². The first kappa shape index (κ1) is 7.68. The van der Waals surface area contributed by atoms with E-state index < -0.39 is 0 Å². The maximum absolute atomic E-state index is 10.1. The highest BCUT2D eigenvalue weighted by atomic mass is 16.1. The van der Waals surface area contributed by atoms with E-state index >= 15 is 0 Å². The van der Waals surface area contributed by atoms with Crippen LogP contribution in [0.3, 0.4) is 0 Å². The van der Waals surface area contributed by atoms with E-state index in [1.54, 1.807) is 4.57 Å². The molecule has 2 N–H and O–H groups in total. The summed E-state index contributed by atoms with van der Waals surface area (Å²) in [5.41, 5.74) is 0. The van der Waals surface area contributed by atoms with Gasteiger partial charge in [-0.3, -0.25) is 4.79 Å². The lowest BCUT2D eigenvalue weighted by atomic mass is 10.5. The molecule has 4 heteroatoms. The third-order valence-corrected chi connectivity index (χ3v) is 1.24. The van der Waals surface area contributed by atoms with Gasteiger partial charge in [-0.25, -0.2) is 10.9 Å². The number of amides is 1. The van der Waals surface area contributed by atoms with Crippen molar-refractivity contribution < 1.29 is 9.36 Å². The number of nitrogens with zero attached hydrogens (tertiary/aromatic N) is 2. The molecule has 1 aromatic rings. The molecule has 0 aromatic carbocycles. The molecule has 0 aliphatic carbocycles. The van der Waals surface area contributed by atoms with E-state index in [0.717, 1.165) is 5.01 Å². The SMILES string of the molecule is NN(C=O)C[n+]1ccccc1. The largest absolute Gasteiger partial charge is 0.277 e. The van der Waals surface area contributed by atoms with Gasteiger partial charge in [0.15, 0.2) is 12.4 Å². The predicted molar refractivity (Wildman–Crippen MR) is 38.7 cm³/mol. The number of pyridine rings is 1. The van der Waals surface area contributed by atoms with Crippen LogP contribution < -0.4 is 10.4 Å². The van der Waals surface area contributed by atoms with Gasteiger partial charge in [-0.1, -0.05) is 6.07 Å². The highest BCUT2D eigenvalue weighted by molar-refractivity contribution is 5.44. The molecule has 0 saturated carbocycles. The molecule has 0 unspecified atom stereocenters. The maximum atomic E-state index is 10.1. The number of carbonyl (C=O) groups excluding carboxylic acids is 1. The summed E-state index contributed by atoms with van der Waals surface area (Å²) in [6.45, 7) is 0.379. The molecule has 58 valence electrons. The van der Waals surface area contributed by atoms with Crippen molar-refractivity contribution in [1.29, 1.82) is 0 Å². The summed E-state index contributed by atoms with van der Waals surface area (Å²) in [5.74, 6) is 5.25. The second-order valence-electron chi connectivity index (χ2n) is 2.15. The zero-order valence-electron chi connectivity index (χ0n) is 6.05. The summed E-state index contributed by atoms with van der Waals surface area (Å²) >= 11 is 0. The molecule has 1 aromatic heterocycles.